The normalized spacial score (nSPS) is 26.9. The summed E-state index contributed by atoms with van der Waals surface area (Å²) in [7, 11) is -0.643. The van der Waals surface area contributed by atoms with Crippen molar-refractivity contribution in [2.45, 2.75) is 18.9 Å². The molecule has 0 saturated carbocycles. The Bertz CT molecular complexity index is 571. The van der Waals surface area contributed by atoms with Crippen molar-refractivity contribution in [3.05, 3.63) is 29.8 Å². The fraction of sp³-hybridized carbons (Fsp3) is 0.600. The molecule has 1 unspecified atom stereocenters. The lowest BCUT2D eigenvalue weighted by Gasteiger charge is -2.33. The van der Waals surface area contributed by atoms with Gasteiger partial charge in [-0.1, -0.05) is 18.2 Å². The van der Waals surface area contributed by atoms with Crippen molar-refractivity contribution < 1.29 is 8.42 Å². The molecule has 0 amide bonds. The van der Waals surface area contributed by atoms with E-state index in [1.807, 2.05) is 0 Å². The predicted octanol–water partition coefficient (Wildman–Crippen LogP) is 1.69. The van der Waals surface area contributed by atoms with Crippen LogP contribution in [0.4, 0.5) is 5.69 Å². The molecular weight excluding hydrogens is 272 g/mol. The summed E-state index contributed by atoms with van der Waals surface area (Å²) >= 11 is 0. The third-order valence-electron chi connectivity index (χ3n) is 4.50. The minimum Gasteiger partial charge on any atom is -0.369 e. The first-order valence-electron chi connectivity index (χ1n) is 7.31. The second kappa shape index (κ2) is 5.37. The molecule has 20 heavy (non-hydrogen) atoms. The molecule has 0 spiro atoms. The van der Waals surface area contributed by atoms with Crippen molar-refractivity contribution in [1.82, 2.24) is 4.90 Å². The Morgan fingerprint density at radius 3 is 2.45 bits per heavy atom. The summed E-state index contributed by atoms with van der Waals surface area (Å²) in [5.41, 5.74) is 2.58. The lowest BCUT2D eigenvalue weighted by molar-refractivity contribution is 0.317. The molecule has 0 aliphatic carbocycles. The lowest BCUT2D eigenvalue weighted by atomic mass is 10.0. The molecule has 2 aliphatic rings. The number of rotatable bonds is 2. The molecule has 0 N–H and O–H groups in total. The summed E-state index contributed by atoms with van der Waals surface area (Å²) in [4.78, 5) is 4.64. The van der Waals surface area contributed by atoms with Crippen molar-refractivity contribution in [3.8, 4) is 0 Å². The van der Waals surface area contributed by atoms with E-state index in [1.54, 1.807) is 0 Å². The molecule has 1 aromatic carbocycles. The van der Waals surface area contributed by atoms with E-state index in [0.29, 0.717) is 19.1 Å². The molecule has 5 heteroatoms. The summed E-state index contributed by atoms with van der Waals surface area (Å²) in [5.74, 6) is 0.559. The fourth-order valence-corrected chi connectivity index (χ4v) is 4.52. The van der Waals surface area contributed by atoms with E-state index < -0.39 is 9.84 Å². The minimum absolute atomic E-state index is 0.280. The topological polar surface area (TPSA) is 40.6 Å². The second-order valence-electron chi connectivity index (χ2n) is 5.84. The monoisotopic (exact) mass is 294 g/mol. The molecule has 2 saturated heterocycles. The van der Waals surface area contributed by atoms with Crippen molar-refractivity contribution >= 4 is 15.5 Å². The molecule has 0 radical (unpaired) electrons. The van der Waals surface area contributed by atoms with Gasteiger partial charge in [-0.05, 0) is 38.1 Å². The van der Waals surface area contributed by atoms with Gasteiger partial charge in [-0.3, -0.25) is 4.90 Å². The van der Waals surface area contributed by atoms with E-state index in [2.05, 4.69) is 41.1 Å². The summed E-state index contributed by atoms with van der Waals surface area (Å²) in [6, 6.07) is 8.96. The van der Waals surface area contributed by atoms with E-state index >= 15 is 0 Å². The highest BCUT2D eigenvalue weighted by Crippen LogP contribution is 2.36. The van der Waals surface area contributed by atoms with Crippen LogP contribution < -0.4 is 4.90 Å². The highest BCUT2D eigenvalue weighted by molar-refractivity contribution is 7.91. The fourth-order valence-electron chi connectivity index (χ4n) is 3.31. The summed E-state index contributed by atoms with van der Waals surface area (Å²) in [5, 5.41) is 0. The minimum atomic E-state index is -2.82. The molecule has 1 aromatic rings. The van der Waals surface area contributed by atoms with Gasteiger partial charge in [0.2, 0.25) is 0 Å². The van der Waals surface area contributed by atoms with Crippen molar-refractivity contribution in [1.29, 1.82) is 0 Å². The van der Waals surface area contributed by atoms with Crippen LogP contribution >= 0.6 is 0 Å². The van der Waals surface area contributed by atoms with E-state index in [4.69, 9.17) is 0 Å². The Hall–Kier alpha value is -1.07. The van der Waals surface area contributed by atoms with Crippen molar-refractivity contribution in [2.24, 2.45) is 0 Å². The van der Waals surface area contributed by atoms with Gasteiger partial charge in [-0.25, -0.2) is 8.42 Å². The Morgan fingerprint density at radius 1 is 1.10 bits per heavy atom. The van der Waals surface area contributed by atoms with Crippen LogP contribution in [0.25, 0.3) is 0 Å². The Balaban J connectivity index is 1.87. The van der Waals surface area contributed by atoms with Gasteiger partial charge in [0.1, 0.15) is 0 Å². The molecule has 0 bridgehead atoms. The average Bonchev–Trinajstić information content (AvgIpc) is 2.85. The zero-order valence-corrected chi connectivity index (χ0v) is 12.8. The number of likely N-dealkylation sites (tertiary alicyclic amines) is 1. The Morgan fingerprint density at radius 2 is 1.80 bits per heavy atom. The van der Waals surface area contributed by atoms with Crippen LogP contribution in [-0.2, 0) is 9.84 Å². The summed E-state index contributed by atoms with van der Waals surface area (Å²) in [6.45, 7) is 2.39. The smallest absolute Gasteiger partial charge is 0.153 e. The number of hydrogen-bond donors (Lipinski definition) is 0. The van der Waals surface area contributed by atoms with Gasteiger partial charge in [-0.2, -0.15) is 0 Å². The SMILES string of the molecule is CN1CCCC1c1ccccc1N1CCS(=O)(=O)CC1. The number of anilines is 1. The molecular formula is C15H22N2O2S. The molecule has 2 fully saturated rings. The first-order valence-corrected chi connectivity index (χ1v) is 9.13. The van der Waals surface area contributed by atoms with Crippen molar-refractivity contribution in [2.75, 3.05) is 43.1 Å². The van der Waals surface area contributed by atoms with Gasteiger partial charge < -0.3 is 4.90 Å². The van der Waals surface area contributed by atoms with E-state index in [0.717, 1.165) is 6.54 Å². The first kappa shape index (κ1) is 13.9. The summed E-state index contributed by atoms with van der Waals surface area (Å²) < 4.78 is 23.2. The largest absolute Gasteiger partial charge is 0.369 e. The number of para-hydroxylation sites is 1. The third kappa shape index (κ3) is 2.69. The second-order valence-corrected chi connectivity index (χ2v) is 8.14. The number of sulfone groups is 1. The maximum atomic E-state index is 11.6. The highest BCUT2D eigenvalue weighted by Gasteiger charge is 2.28. The van der Waals surface area contributed by atoms with Crippen LogP contribution in [0.1, 0.15) is 24.4 Å². The predicted molar refractivity (Wildman–Crippen MR) is 81.9 cm³/mol. The first-order chi connectivity index (χ1) is 9.57. The third-order valence-corrected chi connectivity index (χ3v) is 6.11. The molecule has 0 aromatic heterocycles. The number of benzene rings is 1. The van der Waals surface area contributed by atoms with Crippen LogP contribution in [0.3, 0.4) is 0 Å². The van der Waals surface area contributed by atoms with E-state index in [9.17, 15) is 8.42 Å². The van der Waals surface area contributed by atoms with Crippen LogP contribution in [-0.4, -0.2) is 51.5 Å². The zero-order valence-electron chi connectivity index (χ0n) is 12.0. The molecule has 4 nitrogen and oxygen atoms in total. The molecule has 1 atom stereocenters. The summed E-state index contributed by atoms with van der Waals surface area (Å²) in [6.07, 6.45) is 2.43. The quantitative estimate of drug-likeness (QED) is 0.832. The maximum absolute atomic E-state index is 11.6. The van der Waals surface area contributed by atoms with E-state index in [1.165, 1.54) is 24.1 Å². The zero-order chi connectivity index (χ0) is 14.2. The number of nitrogens with zero attached hydrogens (tertiary/aromatic N) is 2. The number of hydrogen-bond acceptors (Lipinski definition) is 4. The van der Waals surface area contributed by atoms with Gasteiger partial charge in [0.15, 0.2) is 9.84 Å². The standard InChI is InChI=1S/C15H22N2O2S/c1-16-8-4-7-14(16)13-5-2-3-6-15(13)17-9-11-20(18,19)12-10-17/h2-3,5-6,14H,4,7-12H2,1H3. The maximum Gasteiger partial charge on any atom is 0.153 e. The van der Waals surface area contributed by atoms with Gasteiger partial charge >= 0.3 is 0 Å². The average molecular weight is 294 g/mol. The Labute approximate surface area is 121 Å². The Kier molecular flexibility index (Phi) is 3.73. The lowest BCUT2D eigenvalue weighted by Crippen LogP contribution is -2.41. The van der Waals surface area contributed by atoms with Gasteiger partial charge in [0.25, 0.3) is 0 Å². The van der Waals surface area contributed by atoms with Crippen molar-refractivity contribution in [3.63, 3.8) is 0 Å². The van der Waals surface area contributed by atoms with Gasteiger partial charge in [0, 0.05) is 24.8 Å². The van der Waals surface area contributed by atoms with Crippen LogP contribution in [0.15, 0.2) is 24.3 Å². The van der Waals surface area contributed by atoms with Crippen LogP contribution in [0, 0.1) is 0 Å². The van der Waals surface area contributed by atoms with Gasteiger partial charge in [-0.15, -0.1) is 0 Å². The molecule has 2 heterocycles. The van der Waals surface area contributed by atoms with Crippen LogP contribution in [0.5, 0.6) is 0 Å². The van der Waals surface area contributed by atoms with Crippen LogP contribution in [0.2, 0.25) is 0 Å². The molecule has 3 rings (SSSR count). The molecule has 2 aliphatic heterocycles. The van der Waals surface area contributed by atoms with Gasteiger partial charge in [0.05, 0.1) is 11.5 Å². The highest BCUT2D eigenvalue weighted by atomic mass is 32.2. The molecule has 110 valence electrons. The van der Waals surface area contributed by atoms with E-state index in [-0.39, 0.29) is 11.5 Å².